The van der Waals surface area contributed by atoms with Crippen LogP contribution in [0.25, 0.3) is 0 Å². The quantitative estimate of drug-likeness (QED) is 0.777. The molecule has 1 aliphatic heterocycles. The second kappa shape index (κ2) is 4.80. The number of Topliss-reactive ketones (excluding diaryl/α,β-unsaturated/α-hetero) is 1. The van der Waals surface area contributed by atoms with Crippen molar-refractivity contribution in [3.63, 3.8) is 0 Å². The van der Waals surface area contributed by atoms with Crippen LogP contribution in [0.1, 0.15) is 28.2 Å². The van der Waals surface area contributed by atoms with Crippen molar-refractivity contribution in [2.45, 2.75) is 24.6 Å². The molecule has 2 atom stereocenters. The normalized spacial score (nSPS) is 25.6. The third kappa shape index (κ3) is 2.19. The minimum absolute atomic E-state index is 0.0886. The summed E-state index contributed by atoms with van der Waals surface area (Å²) in [6, 6.07) is 0. The van der Waals surface area contributed by atoms with E-state index >= 15 is 0 Å². The van der Waals surface area contributed by atoms with Crippen LogP contribution in [0.4, 0.5) is 5.95 Å². The molecule has 0 bridgehead atoms. The molecule has 2 N–H and O–H groups in total. The fourth-order valence-corrected chi connectivity index (χ4v) is 3.85. The fraction of sp³-hybridized carbons (Fsp3) is 0.538. The lowest BCUT2D eigenvalue weighted by molar-refractivity contribution is 0.0959. The van der Waals surface area contributed by atoms with Gasteiger partial charge < -0.3 is 5.73 Å². The number of ketones is 1. The van der Waals surface area contributed by atoms with Crippen LogP contribution in [0, 0.1) is 12.8 Å². The topological polar surface area (TPSA) is 84.5 Å². The number of rotatable bonds is 1. The number of halogens is 1. The Kier molecular flexibility index (Phi) is 3.24. The van der Waals surface area contributed by atoms with Crippen molar-refractivity contribution in [2.75, 3.05) is 19.3 Å². The van der Waals surface area contributed by atoms with E-state index in [4.69, 9.17) is 5.73 Å². The Morgan fingerprint density at radius 1 is 1.35 bits per heavy atom. The molecular formula is C13H16BrN5O. The smallest absolute Gasteiger partial charge is 0.220 e. The Balaban J connectivity index is 1.97. The number of aryl methyl sites for hydroxylation is 1. The summed E-state index contributed by atoms with van der Waals surface area (Å²) in [6.45, 7) is 2.64. The molecule has 0 aromatic carbocycles. The van der Waals surface area contributed by atoms with Gasteiger partial charge in [0.05, 0.1) is 34.0 Å². The van der Waals surface area contributed by atoms with Crippen LogP contribution in [0.2, 0.25) is 0 Å². The predicted molar refractivity (Wildman–Crippen MR) is 80.1 cm³/mol. The number of alkyl halides is 1. The molecule has 0 spiro atoms. The lowest BCUT2D eigenvalue weighted by atomic mass is 9.82. The van der Waals surface area contributed by atoms with Crippen molar-refractivity contribution in [1.29, 1.82) is 0 Å². The molecule has 7 heteroatoms. The van der Waals surface area contributed by atoms with Crippen LogP contribution in [-0.4, -0.2) is 44.9 Å². The summed E-state index contributed by atoms with van der Waals surface area (Å²) in [4.78, 5) is 20.9. The molecule has 6 nitrogen and oxygen atoms in total. The molecule has 2 aliphatic rings. The average molecular weight is 338 g/mol. The third-order valence-corrected chi connectivity index (χ3v) is 4.54. The Morgan fingerprint density at radius 3 is 2.75 bits per heavy atom. The van der Waals surface area contributed by atoms with Gasteiger partial charge in [-0.3, -0.25) is 9.80 Å². The molecule has 2 unspecified atom stereocenters. The Morgan fingerprint density at radius 2 is 2.10 bits per heavy atom. The molecule has 1 aromatic heterocycles. The molecule has 2 heterocycles. The summed E-state index contributed by atoms with van der Waals surface area (Å²) >= 11 is 3.63. The molecular weight excluding hydrogens is 322 g/mol. The summed E-state index contributed by atoms with van der Waals surface area (Å²) < 4.78 is 0. The number of carbonyl (C=O) groups excluding carboxylic acids is 1. The molecule has 106 valence electrons. The maximum Gasteiger partial charge on any atom is 0.220 e. The second-order valence-corrected chi connectivity index (χ2v) is 6.46. The lowest BCUT2D eigenvalue weighted by Crippen LogP contribution is -2.32. The fourth-order valence-electron chi connectivity index (χ4n) is 2.97. The SMILES string of the molecule is Cc1nc(N)nc2c1C(=O)CC(C1=NN(C)CC1Br)C2. The Bertz CT molecular complexity index is 615. The molecule has 0 radical (unpaired) electrons. The molecule has 1 aromatic rings. The minimum Gasteiger partial charge on any atom is -0.368 e. The molecule has 0 saturated heterocycles. The average Bonchev–Trinajstić information content (AvgIpc) is 2.66. The van der Waals surface area contributed by atoms with E-state index in [0.29, 0.717) is 24.1 Å². The van der Waals surface area contributed by atoms with Crippen LogP contribution in [0.5, 0.6) is 0 Å². The highest BCUT2D eigenvalue weighted by Gasteiger charge is 2.36. The Hall–Kier alpha value is -1.50. The number of fused-ring (bicyclic) bond motifs is 1. The van der Waals surface area contributed by atoms with E-state index < -0.39 is 0 Å². The van der Waals surface area contributed by atoms with Gasteiger partial charge in [-0.1, -0.05) is 15.9 Å². The number of nitrogens with two attached hydrogens (primary N) is 1. The zero-order chi connectivity index (χ0) is 14.4. The zero-order valence-electron chi connectivity index (χ0n) is 11.4. The summed E-state index contributed by atoms with van der Waals surface area (Å²) in [5.74, 6) is 0.416. The number of carbonyl (C=O) groups is 1. The standard InChI is InChI=1S/C13H16BrN5O/c1-6-11-9(17-13(15)16-6)3-7(4-10(11)20)12-8(14)5-19(2)18-12/h7-8H,3-5H2,1-2H3,(H2,15,16,17). The van der Waals surface area contributed by atoms with Gasteiger partial charge >= 0.3 is 0 Å². The van der Waals surface area contributed by atoms with E-state index in [1.165, 1.54) is 0 Å². The van der Waals surface area contributed by atoms with E-state index in [2.05, 4.69) is 31.0 Å². The van der Waals surface area contributed by atoms with Crippen molar-refractivity contribution < 1.29 is 4.79 Å². The maximum atomic E-state index is 12.4. The van der Waals surface area contributed by atoms with E-state index in [9.17, 15) is 4.79 Å². The van der Waals surface area contributed by atoms with Crippen LogP contribution in [-0.2, 0) is 6.42 Å². The molecule has 0 fully saturated rings. The van der Waals surface area contributed by atoms with Crippen molar-refractivity contribution in [3.05, 3.63) is 17.0 Å². The predicted octanol–water partition coefficient (Wildman–Crippen LogP) is 1.18. The van der Waals surface area contributed by atoms with Crippen molar-refractivity contribution in [3.8, 4) is 0 Å². The van der Waals surface area contributed by atoms with Crippen molar-refractivity contribution in [1.82, 2.24) is 15.0 Å². The molecule has 20 heavy (non-hydrogen) atoms. The molecule has 3 rings (SSSR count). The van der Waals surface area contributed by atoms with Gasteiger partial charge in [0.25, 0.3) is 0 Å². The minimum atomic E-state index is 0.0886. The monoisotopic (exact) mass is 337 g/mol. The first-order valence-corrected chi connectivity index (χ1v) is 7.47. The highest BCUT2D eigenvalue weighted by atomic mass is 79.9. The van der Waals surface area contributed by atoms with Gasteiger partial charge in [-0.15, -0.1) is 0 Å². The highest BCUT2D eigenvalue weighted by Crippen LogP contribution is 2.31. The summed E-state index contributed by atoms with van der Waals surface area (Å²) in [5, 5.41) is 6.42. The van der Waals surface area contributed by atoms with Crippen LogP contribution < -0.4 is 5.73 Å². The first-order chi connectivity index (χ1) is 9.45. The van der Waals surface area contributed by atoms with Crippen LogP contribution >= 0.6 is 15.9 Å². The third-order valence-electron chi connectivity index (χ3n) is 3.78. The first kappa shape index (κ1) is 13.5. The van der Waals surface area contributed by atoms with Crippen molar-refractivity contribution >= 4 is 33.4 Å². The van der Waals surface area contributed by atoms with Crippen LogP contribution in [0.15, 0.2) is 5.10 Å². The number of hydrogen-bond donors (Lipinski definition) is 1. The van der Waals surface area contributed by atoms with Gasteiger partial charge in [0.2, 0.25) is 5.95 Å². The van der Waals surface area contributed by atoms with E-state index in [1.807, 2.05) is 19.0 Å². The molecule has 0 amide bonds. The maximum absolute atomic E-state index is 12.4. The first-order valence-electron chi connectivity index (χ1n) is 6.55. The van der Waals surface area contributed by atoms with Crippen molar-refractivity contribution in [2.24, 2.45) is 11.0 Å². The molecule has 1 aliphatic carbocycles. The number of hydrogen-bond acceptors (Lipinski definition) is 6. The largest absolute Gasteiger partial charge is 0.368 e. The Labute approximate surface area is 125 Å². The zero-order valence-corrected chi connectivity index (χ0v) is 13.0. The summed E-state index contributed by atoms with van der Waals surface area (Å²) in [7, 11) is 1.93. The van der Waals surface area contributed by atoms with E-state index in [-0.39, 0.29) is 22.5 Å². The molecule has 0 saturated carbocycles. The number of aromatic nitrogens is 2. The summed E-state index contributed by atoms with van der Waals surface area (Å²) in [6.07, 6.45) is 1.17. The van der Waals surface area contributed by atoms with E-state index in [0.717, 1.165) is 18.0 Å². The van der Waals surface area contributed by atoms with E-state index in [1.54, 1.807) is 0 Å². The number of nitrogens with zero attached hydrogens (tertiary/aromatic N) is 4. The van der Waals surface area contributed by atoms with Gasteiger partial charge in [-0.2, -0.15) is 5.10 Å². The summed E-state index contributed by atoms with van der Waals surface area (Å²) in [5.41, 5.74) is 8.81. The van der Waals surface area contributed by atoms with Gasteiger partial charge in [0.1, 0.15) is 0 Å². The highest BCUT2D eigenvalue weighted by molar-refractivity contribution is 9.10. The number of nitrogen functional groups attached to an aromatic ring is 1. The number of hydrazone groups is 1. The van der Waals surface area contributed by atoms with Gasteiger partial charge in [0, 0.05) is 19.4 Å². The van der Waals surface area contributed by atoms with Gasteiger partial charge in [-0.05, 0) is 13.3 Å². The lowest BCUT2D eigenvalue weighted by Gasteiger charge is -2.24. The van der Waals surface area contributed by atoms with Gasteiger partial charge in [0.15, 0.2) is 5.78 Å². The number of anilines is 1. The van der Waals surface area contributed by atoms with Crippen LogP contribution in [0.3, 0.4) is 0 Å². The van der Waals surface area contributed by atoms with Gasteiger partial charge in [-0.25, -0.2) is 9.97 Å². The second-order valence-electron chi connectivity index (χ2n) is 5.35.